The van der Waals surface area contributed by atoms with Crippen molar-refractivity contribution in [1.82, 2.24) is 0 Å². The number of benzene rings is 3. The molecule has 8 nitrogen and oxygen atoms in total. The number of anilines is 2. The number of hydrogen-bond donors (Lipinski definition) is 2. The van der Waals surface area contributed by atoms with E-state index in [-0.39, 0.29) is 18.1 Å². The van der Waals surface area contributed by atoms with Gasteiger partial charge in [0.2, 0.25) is 0 Å². The van der Waals surface area contributed by atoms with Gasteiger partial charge in [0.15, 0.2) is 18.1 Å². The normalized spacial score (nSPS) is 10.6. The lowest BCUT2D eigenvalue weighted by Gasteiger charge is -2.12. The van der Waals surface area contributed by atoms with Crippen LogP contribution in [0, 0.1) is 11.3 Å². The zero-order valence-electron chi connectivity index (χ0n) is 18.7. The van der Waals surface area contributed by atoms with Gasteiger partial charge in [-0.25, -0.2) is 0 Å². The van der Waals surface area contributed by atoms with Crippen LogP contribution in [0.25, 0.3) is 6.08 Å². The van der Waals surface area contributed by atoms with Crippen molar-refractivity contribution >= 4 is 29.3 Å². The molecule has 3 aromatic carbocycles. The summed E-state index contributed by atoms with van der Waals surface area (Å²) in [4.78, 5) is 24.6. The van der Waals surface area contributed by atoms with Crippen molar-refractivity contribution in [3.05, 3.63) is 83.9 Å². The van der Waals surface area contributed by atoms with Crippen LogP contribution in [0.3, 0.4) is 0 Å². The summed E-state index contributed by atoms with van der Waals surface area (Å²) in [5.41, 5.74) is 1.69. The van der Waals surface area contributed by atoms with Gasteiger partial charge in [-0.15, -0.1) is 0 Å². The molecule has 8 heteroatoms. The quantitative estimate of drug-likeness (QED) is 0.367. The molecule has 0 radical (unpaired) electrons. The Morgan fingerprint density at radius 2 is 1.59 bits per heavy atom. The molecule has 0 aliphatic carbocycles. The Hall–Kier alpha value is -4.77. The number of rotatable bonds is 9. The highest BCUT2D eigenvalue weighted by molar-refractivity contribution is 6.09. The highest BCUT2D eigenvalue weighted by Gasteiger charge is 2.12. The van der Waals surface area contributed by atoms with Crippen LogP contribution in [0.1, 0.15) is 5.56 Å². The summed E-state index contributed by atoms with van der Waals surface area (Å²) < 4.78 is 16.0. The van der Waals surface area contributed by atoms with E-state index in [4.69, 9.17) is 14.2 Å². The smallest absolute Gasteiger partial charge is 0.266 e. The fraction of sp³-hybridized carbons (Fsp3) is 0.115. The average molecular weight is 457 g/mol. The molecule has 2 amide bonds. The summed E-state index contributed by atoms with van der Waals surface area (Å²) in [6.45, 7) is -0.236. The topological polar surface area (TPSA) is 110 Å². The van der Waals surface area contributed by atoms with E-state index in [2.05, 4.69) is 10.6 Å². The van der Waals surface area contributed by atoms with Crippen LogP contribution < -0.4 is 24.8 Å². The molecule has 0 aliphatic rings. The molecule has 0 heterocycles. The number of nitriles is 1. The predicted octanol–water partition coefficient (Wildman–Crippen LogP) is 4.27. The third-order valence-electron chi connectivity index (χ3n) is 4.63. The van der Waals surface area contributed by atoms with Crippen molar-refractivity contribution in [3.8, 4) is 23.3 Å². The van der Waals surface area contributed by atoms with E-state index in [1.165, 1.54) is 13.2 Å². The third-order valence-corrected chi connectivity index (χ3v) is 4.63. The maximum absolute atomic E-state index is 12.4. The number of carbonyl (C=O) groups excluding carboxylic acids is 2. The van der Waals surface area contributed by atoms with Gasteiger partial charge in [0, 0.05) is 11.4 Å². The van der Waals surface area contributed by atoms with Gasteiger partial charge in [0.25, 0.3) is 11.8 Å². The molecule has 0 bridgehead atoms. The monoisotopic (exact) mass is 457 g/mol. The van der Waals surface area contributed by atoms with Gasteiger partial charge in [-0.3, -0.25) is 9.59 Å². The fourth-order valence-corrected chi connectivity index (χ4v) is 2.94. The van der Waals surface area contributed by atoms with Gasteiger partial charge in [-0.05, 0) is 60.2 Å². The molecule has 2 N–H and O–H groups in total. The molecule has 0 unspecified atom stereocenters. The van der Waals surface area contributed by atoms with Crippen molar-refractivity contribution in [2.45, 2.75) is 0 Å². The first kappa shape index (κ1) is 23.9. The first-order valence-electron chi connectivity index (χ1n) is 10.3. The Balaban J connectivity index is 1.65. The van der Waals surface area contributed by atoms with E-state index in [0.717, 1.165) is 0 Å². The van der Waals surface area contributed by atoms with Gasteiger partial charge in [-0.1, -0.05) is 24.3 Å². The van der Waals surface area contributed by atoms with E-state index in [1.54, 1.807) is 73.8 Å². The van der Waals surface area contributed by atoms with Crippen LogP contribution in [0.5, 0.6) is 17.2 Å². The molecule has 0 atom stereocenters. The van der Waals surface area contributed by atoms with E-state index in [9.17, 15) is 14.9 Å². The molecule has 0 fully saturated rings. The zero-order chi connectivity index (χ0) is 24.3. The molecule has 0 saturated heterocycles. The summed E-state index contributed by atoms with van der Waals surface area (Å²) in [6, 6.07) is 22.6. The standard InChI is InChI=1S/C26H23N3O5/c1-32-22-11-9-21(10-12-22)28-25(30)17-34-23-13-8-18(15-24(23)33-2)14-19(16-27)26(31)29-20-6-4-3-5-7-20/h3-15H,17H2,1-2H3,(H,28,30)(H,29,31)/b19-14+. The zero-order valence-corrected chi connectivity index (χ0v) is 18.7. The summed E-state index contributed by atoms with van der Waals surface area (Å²) in [6.07, 6.45) is 1.45. The number of ether oxygens (including phenoxy) is 3. The molecule has 0 saturated carbocycles. The van der Waals surface area contributed by atoms with E-state index < -0.39 is 5.91 Å². The SMILES string of the molecule is COc1ccc(NC(=O)COc2ccc(/C=C(\C#N)C(=O)Nc3ccccc3)cc2OC)cc1. The molecular weight excluding hydrogens is 434 g/mol. The Kier molecular flexibility index (Phi) is 8.25. The van der Waals surface area contributed by atoms with Crippen LogP contribution in [0.15, 0.2) is 78.4 Å². The Morgan fingerprint density at radius 3 is 2.24 bits per heavy atom. The van der Waals surface area contributed by atoms with Crippen molar-refractivity contribution < 1.29 is 23.8 Å². The lowest BCUT2D eigenvalue weighted by atomic mass is 10.1. The molecule has 172 valence electrons. The minimum atomic E-state index is -0.525. The van der Waals surface area contributed by atoms with Gasteiger partial charge < -0.3 is 24.8 Å². The number of methoxy groups -OCH3 is 2. The molecular formula is C26H23N3O5. The van der Waals surface area contributed by atoms with Crippen molar-refractivity contribution in [1.29, 1.82) is 5.26 Å². The first-order valence-corrected chi connectivity index (χ1v) is 10.3. The molecule has 3 rings (SSSR count). The minimum absolute atomic E-state index is 0.0709. The van der Waals surface area contributed by atoms with E-state index in [1.807, 2.05) is 12.1 Å². The summed E-state index contributed by atoms with van der Waals surface area (Å²) >= 11 is 0. The third kappa shape index (κ3) is 6.61. The molecule has 34 heavy (non-hydrogen) atoms. The second kappa shape index (κ2) is 11.7. The summed E-state index contributed by atoms with van der Waals surface area (Å²) in [7, 11) is 3.02. The van der Waals surface area contributed by atoms with Gasteiger partial charge in [-0.2, -0.15) is 5.26 Å². The first-order chi connectivity index (χ1) is 16.5. The number of carbonyl (C=O) groups is 2. The second-order valence-electron chi connectivity index (χ2n) is 6.97. The average Bonchev–Trinajstić information content (AvgIpc) is 2.87. The van der Waals surface area contributed by atoms with Crippen LogP contribution in [0.4, 0.5) is 11.4 Å². The Bertz CT molecular complexity index is 1220. The number of para-hydroxylation sites is 1. The Morgan fingerprint density at radius 1 is 0.882 bits per heavy atom. The molecule has 0 aromatic heterocycles. The second-order valence-corrected chi connectivity index (χ2v) is 6.97. The van der Waals surface area contributed by atoms with Crippen molar-refractivity contribution in [2.24, 2.45) is 0 Å². The van der Waals surface area contributed by atoms with E-state index >= 15 is 0 Å². The largest absolute Gasteiger partial charge is 0.497 e. The number of nitrogens with one attached hydrogen (secondary N) is 2. The summed E-state index contributed by atoms with van der Waals surface area (Å²) in [5, 5.41) is 14.8. The molecule has 0 spiro atoms. The van der Waals surface area contributed by atoms with Crippen molar-refractivity contribution in [2.75, 3.05) is 31.5 Å². The van der Waals surface area contributed by atoms with Crippen LogP contribution >= 0.6 is 0 Å². The van der Waals surface area contributed by atoms with E-state index in [0.29, 0.717) is 34.2 Å². The number of nitrogens with zero attached hydrogens (tertiary/aromatic N) is 1. The lowest BCUT2D eigenvalue weighted by Crippen LogP contribution is -2.20. The van der Waals surface area contributed by atoms with Crippen molar-refractivity contribution in [3.63, 3.8) is 0 Å². The van der Waals surface area contributed by atoms with Gasteiger partial charge in [0.05, 0.1) is 14.2 Å². The lowest BCUT2D eigenvalue weighted by molar-refractivity contribution is -0.118. The highest BCUT2D eigenvalue weighted by atomic mass is 16.5. The highest BCUT2D eigenvalue weighted by Crippen LogP contribution is 2.29. The summed E-state index contributed by atoms with van der Waals surface area (Å²) in [5.74, 6) is 0.512. The fourth-order valence-electron chi connectivity index (χ4n) is 2.94. The van der Waals surface area contributed by atoms with Crippen LogP contribution in [0.2, 0.25) is 0 Å². The predicted molar refractivity (Wildman–Crippen MR) is 129 cm³/mol. The van der Waals surface area contributed by atoms with Crippen LogP contribution in [-0.4, -0.2) is 32.6 Å². The number of hydrogen-bond acceptors (Lipinski definition) is 6. The van der Waals surface area contributed by atoms with Crippen LogP contribution in [-0.2, 0) is 9.59 Å². The molecule has 3 aromatic rings. The van der Waals surface area contributed by atoms with Gasteiger partial charge in [0.1, 0.15) is 17.4 Å². The maximum Gasteiger partial charge on any atom is 0.266 e. The molecule has 0 aliphatic heterocycles. The Labute approximate surface area is 197 Å². The minimum Gasteiger partial charge on any atom is -0.497 e. The van der Waals surface area contributed by atoms with Gasteiger partial charge >= 0.3 is 0 Å². The maximum atomic E-state index is 12.4. The number of amides is 2.